The zero-order chi connectivity index (χ0) is 21.4. The topological polar surface area (TPSA) is 149 Å². The summed E-state index contributed by atoms with van der Waals surface area (Å²) in [7, 11) is 0. The fraction of sp³-hybridized carbons (Fsp3) is 0.500. The van der Waals surface area contributed by atoms with Gasteiger partial charge in [-0.1, -0.05) is 39.0 Å². The van der Waals surface area contributed by atoms with Crippen LogP contribution in [-0.4, -0.2) is 44.3 Å². The van der Waals surface area contributed by atoms with Crippen LogP contribution in [0.2, 0.25) is 0 Å². The molecule has 0 bridgehead atoms. The number of hydrogen-bond acceptors (Lipinski definition) is 4. The maximum absolute atomic E-state index is 11.9. The van der Waals surface area contributed by atoms with Crippen molar-refractivity contribution in [1.29, 1.82) is 0 Å². The monoisotopic (exact) mass is 392 g/mol. The molecule has 2 rings (SSSR count). The van der Waals surface area contributed by atoms with Gasteiger partial charge in [-0.25, -0.2) is 0 Å². The number of carboxylic acids is 4. The van der Waals surface area contributed by atoms with E-state index in [0.29, 0.717) is 5.56 Å². The molecule has 8 heteroatoms. The van der Waals surface area contributed by atoms with Crippen molar-refractivity contribution in [2.24, 2.45) is 11.8 Å². The van der Waals surface area contributed by atoms with Gasteiger partial charge >= 0.3 is 23.9 Å². The molecule has 4 N–H and O–H groups in total. The van der Waals surface area contributed by atoms with Gasteiger partial charge in [0.1, 0.15) is 0 Å². The smallest absolute Gasteiger partial charge is 0.311 e. The van der Waals surface area contributed by atoms with Crippen LogP contribution in [0.4, 0.5) is 0 Å². The van der Waals surface area contributed by atoms with Gasteiger partial charge in [0.25, 0.3) is 0 Å². The van der Waals surface area contributed by atoms with Crippen molar-refractivity contribution in [3.8, 4) is 0 Å². The van der Waals surface area contributed by atoms with Crippen molar-refractivity contribution in [3.05, 3.63) is 34.9 Å². The predicted octanol–water partition coefficient (Wildman–Crippen LogP) is 2.52. The predicted molar refractivity (Wildman–Crippen MR) is 97.4 cm³/mol. The van der Waals surface area contributed by atoms with Gasteiger partial charge in [0.15, 0.2) is 0 Å². The Kier molecular flexibility index (Phi) is 5.82. The third kappa shape index (κ3) is 4.16. The van der Waals surface area contributed by atoms with Crippen LogP contribution in [0.15, 0.2) is 18.2 Å². The van der Waals surface area contributed by atoms with Gasteiger partial charge in [-0.05, 0) is 34.4 Å². The quantitative estimate of drug-likeness (QED) is 0.577. The van der Waals surface area contributed by atoms with Crippen LogP contribution in [0.25, 0.3) is 0 Å². The van der Waals surface area contributed by atoms with Crippen molar-refractivity contribution in [3.63, 3.8) is 0 Å². The Morgan fingerprint density at radius 3 is 2.04 bits per heavy atom. The molecule has 0 amide bonds. The lowest BCUT2D eigenvalue weighted by molar-refractivity contribution is -0.153. The second-order valence-electron chi connectivity index (χ2n) is 8.24. The molecule has 0 heterocycles. The average molecular weight is 392 g/mol. The van der Waals surface area contributed by atoms with E-state index in [1.165, 1.54) is 0 Å². The molecule has 28 heavy (non-hydrogen) atoms. The third-order valence-corrected chi connectivity index (χ3v) is 5.38. The van der Waals surface area contributed by atoms with E-state index in [0.717, 1.165) is 5.56 Å². The minimum absolute atomic E-state index is 0.250. The van der Waals surface area contributed by atoms with E-state index in [-0.39, 0.29) is 17.4 Å². The number of fused-ring (bicyclic) bond motifs is 1. The first-order chi connectivity index (χ1) is 12.8. The first-order valence-electron chi connectivity index (χ1n) is 8.89. The Bertz CT molecular complexity index is 820. The van der Waals surface area contributed by atoms with Crippen molar-refractivity contribution < 1.29 is 39.6 Å². The molecular formula is C20H24O8. The highest BCUT2D eigenvalue weighted by atomic mass is 16.4. The number of rotatable bonds is 6. The number of benzene rings is 1. The minimum Gasteiger partial charge on any atom is -0.481 e. The molecule has 1 aliphatic rings. The van der Waals surface area contributed by atoms with Crippen LogP contribution in [0.5, 0.6) is 0 Å². The molecule has 0 fully saturated rings. The zero-order valence-corrected chi connectivity index (χ0v) is 15.9. The van der Waals surface area contributed by atoms with E-state index in [1.54, 1.807) is 18.2 Å². The van der Waals surface area contributed by atoms with Crippen LogP contribution >= 0.6 is 0 Å². The van der Waals surface area contributed by atoms with E-state index in [9.17, 15) is 34.5 Å². The van der Waals surface area contributed by atoms with Crippen molar-refractivity contribution in [1.82, 2.24) is 0 Å². The summed E-state index contributed by atoms with van der Waals surface area (Å²) in [4.78, 5) is 46.6. The normalized spacial score (nSPS) is 22.8. The van der Waals surface area contributed by atoms with Gasteiger partial charge in [-0.3, -0.25) is 19.2 Å². The minimum atomic E-state index is -1.35. The Morgan fingerprint density at radius 2 is 1.61 bits per heavy atom. The molecule has 0 aliphatic heterocycles. The summed E-state index contributed by atoms with van der Waals surface area (Å²) >= 11 is 0. The van der Waals surface area contributed by atoms with Gasteiger partial charge in [-0.15, -0.1) is 0 Å². The summed E-state index contributed by atoms with van der Waals surface area (Å²) in [5, 5.41) is 38.0. The van der Waals surface area contributed by atoms with E-state index in [2.05, 4.69) is 0 Å². The lowest BCUT2D eigenvalue weighted by atomic mass is 9.65. The lowest BCUT2D eigenvalue weighted by Gasteiger charge is -2.37. The molecule has 1 aromatic rings. The van der Waals surface area contributed by atoms with E-state index < -0.39 is 54.0 Å². The summed E-state index contributed by atoms with van der Waals surface area (Å²) in [6.07, 6.45) is -0.928. The number of aliphatic carboxylic acids is 4. The molecule has 1 aliphatic carbocycles. The van der Waals surface area contributed by atoms with Crippen molar-refractivity contribution >= 4 is 23.9 Å². The highest BCUT2D eigenvalue weighted by Gasteiger charge is 2.47. The highest BCUT2D eigenvalue weighted by molar-refractivity contribution is 5.86. The number of hydrogen-bond donors (Lipinski definition) is 4. The molecule has 0 spiro atoms. The molecule has 1 aromatic carbocycles. The summed E-state index contributed by atoms with van der Waals surface area (Å²) in [5.41, 5.74) is 1.09. The third-order valence-electron chi connectivity index (χ3n) is 5.38. The zero-order valence-electron chi connectivity index (χ0n) is 15.9. The molecule has 0 saturated carbocycles. The van der Waals surface area contributed by atoms with Gasteiger partial charge < -0.3 is 20.4 Å². The van der Waals surface area contributed by atoms with Gasteiger partial charge in [-0.2, -0.15) is 0 Å². The fourth-order valence-corrected chi connectivity index (χ4v) is 3.92. The Hall–Kier alpha value is -2.90. The maximum atomic E-state index is 11.9. The van der Waals surface area contributed by atoms with E-state index >= 15 is 0 Å². The largest absolute Gasteiger partial charge is 0.481 e. The summed E-state index contributed by atoms with van der Waals surface area (Å²) in [6.45, 7) is 5.76. The molecule has 152 valence electrons. The van der Waals surface area contributed by atoms with Crippen molar-refractivity contribution in [2.75, 3.05) is 0 Å². The molecule has 4 atom stereocenters. The fourth-order valence-electron chi connectivity index (χ4n) is 3.92. The molecule has 0 radical (unpaired) electrons. The van der Waals surface area contributed by atoms with Crippen LogP contribution in [0.1, 0.15) is 62.1 Å². The van der Waals surface area contributed by atoms with Crippen LogP contribution in [0, 0.1) is 11.8 Å². The standard InChI is InChI=1S/C20H24O8/c1-20(2,3)9-4-5-10-11(13(17(23)24)8-15(21)22)7-14(18(25)26)16(19(27)28)12(10)6-9/h4-6,11,13-14,16H,7-8H2,1-3H3,(H,21,22)(H,23,24)(H,25,26)(H,27,28). The Morgan fingerprint density at radius 1 is 1.00 bits per heavy atom. The van der Waals surface area contributed by atoms with Crippen molar-refractivity contribution in [2.45, 2.75) is 50.9 Å². The maximum Gasteiger partial charge on any atom is 0.311 e. The SMILES string of the molecule is CC(C)(C)c1ccc2c(c1)C(C(=O)O)C(C(=O)O)CC2C(CC(=O)O)C(=O)O. The first-order valence-corrected chi connectivity index (χ1v) is 8.89. The molecular weight excluding hydrogens is 368 g/mol. The number of carboxylic acid groups (broad SMARTS) is 4. The Labute approximate surface area is 161 Å². The molecule has 0 saturated heterocycles. The molecule has 4 unspecified atom stereocenters. The lowest BCUT2D eigenvalue weighted by Crippen LogP contribution is -2.38. The summed E-state index contributed by atoms with van der Waals surface area (Å²) in [6, 6.07) is 4.99. The van der Waals surface area contributed by atoms with E-state index in [1.807, 2.05) is 20.8 Å². The first kappa shape index (κ1) is 21.4. The molecule has 0 aromatic heterocycles. The summed E-state index contributed by atoms with van der Waals surface area (Å²) < 4.78 is 0. The average Bonchev–Trinajstić information content (AvgIpc) is 2.56. The van der Waals surface area contributed by atoms with Crippen LogP contribution in [-0.2, 0) is 24.6 Å². The highest BCUT2D eigenvalue weighted by Crippen LogP contribution is 2.48. The second kappa shape index (κ2) is 7.61. The van der Waals surface area contributed by atoms with Gasteiger partial charge in [0.05, 0.1) is 24.2 Å². The van der Waals surface area contributed by atoms with Crippen LogP contribution in [0.3, 0.4) is 0 Å². The number of carbonyl (C=O) groups is 4. The second-order valence-corrected chi connectivity index (χ2v) is 8.24. The van der Waals surface area contributed by atoms with Crippen LogP contribution < -0.4 is 0 Å². The Balaban J connectivity index is 2.72. The van der Waals surface area contributed by atoms with Gasteiger partial charge in [0, 0.05) is 0 Å². The molecule has 8 nitrogen and oxygen atoms in total. The van der Waals surface area contributed by atoms with Gasteiger partial charge in [0.2, 0.25) is 0 Å². The summed E-state index contributed by atoms with van der Waals surface area (Å²) in [5.74, 6) is -10.2. The van der Waals surface area contributed by atoms with E-state index in [4.69, 9.17) is 5.11 Å².